The quantitative estimate of drug-likeness (QED) is 0.651. The van der Waals surface area contributed by atoms with Gasteiger partial charge < -0.3 is 9.47 Å². The lowest BCUT2D eigenvalue weighted by atomic mass is 10.1. The number of esters is 1. The van der Waals surface area contributed by atoms with Gasteiger partial charge in [0.15, 0.2) is 6.10 Å². The zero-order valence-electron chi connectivity index (χ0n) is 14.0. The van der Waals surface area contributed by atoms with E-state index in [9.17, 15) is 18.0 Å². The van der Waals surface area contributed by atoms with Crippen molar-refractivity contribution >= 4 is 22.2 Å². The number of carbonyl (C=O) groups excluding carboxylic acids is 2. The summed E-state index contributed by atoms with van der Waals surface area (Å²) in [6.45, 7) is -0.586. The van der Waals surface area contributed by atoms with Gasteiger partial charge in [0, 0.05) is 0 Å². The van der Waals surface area contributed by atoms with Crippen LogP contribution in [0.1, 0.15) is 5.56 Å². The number of Topliss-reactive ketones (excluding diaryl/α,β-unsaturated/α-hetero) is 1. The molecule has 1 saturated heterocycles. The van der Waals surface area contributed by atoms with Crippen LogP contribution in [0.25, 0.3) is 0 Å². The lowest BCUT2D eigenvalue weighted by molar-refractivity contribution is -0.156. The molecule has 0 amide bonds. The van der Waals surface area contributed by atoms with Gasteiger partial charge in [0.25, 0.3) is 0 Å². The Kier molecular flexibility index (Phi) is 5.84. The largest absolute Gasteiger partial charge is 0.486 e. The Hall–Kier alpha value is -2.75. The minimum atomic E-state index is -4.48. The van der Waals surface area contributed by atoms with Crippen molar-refractivity contribution in [2.75, 3.05) is 6.61 Å². The zero-order valence-corrected chi connectivity index (χ0v) is 14.8. The van der Waals surface area contributed by atoms with E-state index in [1.165, 1.54) is 0 Å². The summed E-state index contributed by atoms with van der Waals surface area (Å²) in [7, 11) is -4.48. The maximum absolute atomic E-state index is 12.3. The van der Waals surface area contributed by atoms with E-state index in [1.807, 2.05) is 0 Å². The molecule has 1 aliphatic heterocycles. The lowest BCUT2D eigenvalue weighted by Gasteiger charge is -2.14. The van der Waals surface area contributed by atoms with E-state index in [0.717, 1.165) is 0 Å². The molecule has 2 aromatic carbocycles. The molecule has 0 bridgehead atoms. The fraction of sp³-hybridized carbons (Fsp3) is 0.222. The molecule has 0 N–H and O–H groups in total. The highest BCUT2D eigenvalue weighted by atomic mass is 32.3. The fourth-order valence-electron chi connectivity index (χ4n) is 2.33. The smallest absolute Gasteiger partial charge is 0.401 e. The summed E-state index contributed by atoms with van der Waals surface area (Å²) in [4.78, 5) is 24.5. The maximum atomic E-state index is 12.3. The molecule has 1 heterocycles. The van der Waals surface area contributed by atoms with Crippen LogP contribution >= 0.6 is 0 Å². The number of ether oxygens (including phenoxy) is 2. The Bertz CT molecular complexity index is 826. The molecule has 0 spiro atoms. The van der Waals surface area contributed by atoms with Crippen molar-refractivity contribution in [3.05, 3.63) is 66.2 Å². The Balaban J connectivity index is 1.63. The standard InChI is InChI=1S/C18H16O8S/c19-15(12-23-14-9-5-2-6-10-14)16-17(26-27(21,22)25-16)18(20)24-11-13-7-3-1-4-8-13/h1-10,16-17H,11-12H2/t16-,17+/m0/s1. The first-order chi connectivity index (χ1) is 12.9. The highest BCUT2D eigenvalue weighted by molar-refractivity contribution is 7.82. The van der Waals surface area contributed by atoms with E-state index in [0.29, 0.717) is 11.3 Å². The molecule has 0 aliphatic carbocycles. The molecule has 2 atom stereocenters. The van der Waals surface area contributed by atoms with Gasteiger partial charge in [-0.2, -0.15) is 8.42 Å². The van der Waals surface area contributed by atoms with Crippen LogP contribution in [0.2, 0.25) is 0 Å². The Morgan fingerprint density at radius 1 is 0.889 bits per heavy atom. The Morgan fingerprint density at radius 3 is 2.15 bits per heavy atom. The summed E-state index contributed by atoms with van der Waals surface area (Å²) in [5.74, 6) is -1.37. The molecule has 27 heavy (non-hydrogen) atoms. The summed E-state index contributed by atoms with van der Waals surface area (Å²) < 4.78 is 42.6. The zero-order chi connectivity index (χ0) is 19.3. The molecule has 0 aromatic heterocycles. The van der Waals surface area contributed by atoms with Crippen LogP contribution in [0.3, 0.4) is 0 Å². The van der Waals surface area contributed by atoms with E-state index in [4.69, 9.17) is 9.47 Å². The third kappa shape index (κ3) is 5.13. The van der Waals surface area contributed by atoms with Gasteiger partial charge in [-0.1, -0.05) is 48.5 Å². The fourth-order valence-corrected chi connectivity index (χ4v) is 3.27. The second-order valence-electron chi connectivity index (χ2n) is 5.60. The molecule has 9 heteroatoms. The molecular weight excluding hydrogens is 376 g/mol. The first kappa shape index (κ1) is 19.0. The molecule has 142 valence electrons. The topological polar surface area (TPSA) is 105 Å². The van der Waals surface area contributed by atoms with Crippen molar-refractivity contribution in [2.24, 2.45) is 0 Å². The summed E-state index contributed by atoms with van der Waals surface area (Å²) in [5.41, 5.74) is 0.697. The van der Waals surface area contributed by atoms with Crippen molar-refractivity contribution in [2.45, 2.75) is 18.8 Å². The predicted molar refractivity (Wildman–Crippen MR) is 91.8 cm³/mol. The average molecular weight is 392 g/mol. The van der Waals surface area contributed by atoms with Gasteiger partial charge in [-0.25, -0.2) is 13.2 Å². The number of hydrogen-bond acceptors (Lipinski definition) is 8. The molecule has 0 radical (unpaired) electrons. The van der Waals surface area contributed by atoms with E-state index in [-0.39, 0.29) is 6.61 Å². The minimum Gasteiger partial charge on any atom is -0.486 e. The van der Waals surface area contributed by atoms with E-state index in [2.05, 4.69) is 8.37 Å². The van der Waals surface area contributed by atoms with E-state index < -0.39 is 41.0 Å². The summed E-state index contributed by atoms with van der Waals surface area (Å²) in [6, 6.07) is 17.2. The van der Waals surface area contributed by atoms with Gasteiger partial charge in [0.05, 0.1) is 0 Å². The van der Waals surface area contributed by atoms with Gasteiger partial charge in [-0.15, -0.1) is 0 Å². The molecule has 0 unspecified atom stereocenters. The first-order valence-electron chi connectivity index (χ1n) is 7.97. The number of rotatable bonds is 7. The molecule has 8 nitrogen and oxygen atoms in total. The first-order valence-corrected chi connectivity index (χ1v) is 9.30. The van der Waals surface area contributed by atoms with Crippen molar-refractivity contribution in [1.29, 1.82) is 0 Å². The normalized spacial score (nSPS) is 20.7. The number of ketones is 1. The SMILES string of the molecule is O=C(COc1ccccc1)[C@@H]1OS(=O)(=O)O[C@H]1C(=O)OCc1ccccc1. The van der Waals surface area contributed by atoms with Crippen LogP contribution in [0.15, 0.2) is 60.7 Å². The van der Waals surface area contributed by atoms with E-state index >= 15 is 0 Å². The maximum Gasteiger partial charge on any atom is 0.401 e. The Labute approximate surface area is 155 Å². The van der Waals surface area contributed by atoms with Crippen LogP contribution in [0.5, 0.6) is 5.75 Å². The van der Waals surface area contributed by atoms with Gasteiger partial charge >= 0.3 is 16.4 Å². The summed E-state index contributed by atoms with van der Waals surface area (Å²) in [5, 5.41) is 0. The third-order valence-corrected chi connectivity index (χ3v) is 4.50. The van der Waals surface area contributed by atoms with Gasteiger partial charge in [-0.3, -0.25) is 4.79 Å². The number of hydrogen-bond donors (Lipinski definition) is 0. The van der Waals surface area contributed by atoms with Crippen LogP contribution in [0.4, 0.5) is 0 Å². The molecule has 0 saturated carbocycles. The molecule has 1 aliphatic rings. The number of para-hydroxylation sites is 1. The van der Waals surface area contributed by atoms with E-state index in [1.54, 1.807) is 60.7 Å². The minimum absolute atomic E-state index is 0.0962. The average Bonchev–Trinajstić information content (AvgIpc) is 3.01. The molecule has 3 rings (SSSR count). The highest BCUT2D eigenvalue weighted by Crippen LogP contribution is 2.23. The van der Waals surface area contributed by atoms with Crippen LogP contribution in [-0.4, -0.2) is 39.0 Å². The van der Waals surface area contributed by atoms with Gasteiger partial charge in [0.1, 0.15) is 19.0 Å². The third-order valence-electron chi connectivity index (χ3n) is 3.62. The van der Waals surface area contributed by atoms with Crippen molar-refractivity contribution < 1.29 is 35.8 Å². The predicted octanol–water partition coefficient (Wildman–Crippen LogP) is 1.41. The van der Waals surface area contributed by atoms with Crippen LogP contribution < -0.4 is 4.74 Å². The molecule has 2 aromatic rings. The van der Waals surface area contributed by atoms with Gasteiger partial charge in [-0.05, 0) is 17.7 Å². The Morgan fingerprint density at radius 2 is 1.48 bits per heavy atom. The van der Waals surface area contributed by atoms with Crippen molar-refractivity contribution in [1.82, 2.24) is 0 Å². The van der Waals surface area contributed by atoms with Crippen molar-refractivity contribution in [3.63, 3.8) is 0 Å². The molecular formula is C18H16O8S. The summed E-state index contributed by atoms with van der Waals surface area (Å²) >= 11 is 0. The number of carbonyl (C=O) groups is 2. The van der Waals surface area contributed by atoms with Crippen molar-refractivity contribution in [3.8, 4) is 5.75 Å². The molecule has 1 fully saturated rings. The van der Waals surface area contributed by atoms with Crippen LogP contribution in [0, 0.1) is 0 Å². The number of benzene rings is 2. The monoisotopic (exact) mass is 392 g/mol. The second kappa shape index (κ2) is 8.30. The lowest BCUT2D eigenvalue weighted by Crippen LogP contribution is -2.40. The summed E-state index contributed by atoms with van der Waals surface area (Å²) in [6.07, 6.45) is -3.38. The highest BCUT2D eigenvalue weighted by Gasteiger charge is 2.49. The van der Waals surface area contributed by atoms with Gasteiger partial charge in [0.2, 0.25) is 11.9 Å². The van der Waals surface area contributed by atoms with Crippen LogP contribution in [-0.2, 0) is 39.7 Å². The second-order valence-corrected chi connectivity index (χ2v) is 6.80.